The molecule has 0 aliphatic heterocycles. The van der Waals surface area contributed by atoms with Crippen LogP contribution in [0.3, 0.4) is 0 Å². The van der Waals surface area contributed by atoms with Crippen molar-refractivity contribution in [2.75, 3.05) is 17.7 Å². The van der Waals surface area contributed by atoms with Crippen LogP contribution in [0.5, 0.6) is 5.75 Å². The number of hydrogen-bond acceptors (Lipinski definition) is 5. The van der Waals surface area contributed by atoms with E-state index < -0.39 is 0 Å². The molecule has 0 spiro atoms. The fraction of sp³-hybridized carbons (Fsp3) is 0.250. The van der Waals surface area contributed by atoms with Crippen molar-refractivity contribution in [3.8, 4) is 17.1 Å². The molecule has 1 amide bonds. The summed E-state index contributed by atoms with van der Waals surface area (Å²) in [6.07, 6.45) is 0.374. The second-order valence-electron chi connectivity index (χ2n) is 5.81. The van der Waals surface area contributed by atoms with Gasteiger partial charge in [0.25, 0.3) is 0 Å². The van der Waals surface area contributed by atoms with Gasteiger partial charge in [-0.25, -0.2) is 0 Å². The van der Waals surface area contributed by atoms with Crippen LogP contribution in [0, 0.1) is 0 Å². The lowest BCUT2D eigenvalue weighted by atomic mass is 10.2. The zero-order chi connectivity index (χ0) is 19.1. The maximum Gasteiger partial charge on any atom is 0.225 e. The van der Waals surface area contributed by atoms with Crippen LogP contribution in [0.15, 0.2) is 59.8 Å². The first-order chi connectivity index (χ1) is 13.2. The fourth-order valence-electron chi connectivity index (χ4n) is 2.58. The van der Waals surface area contributed by atoms with E-state index in [9.17, 15) is 4.79 Å². The van der Waals surface area contributed by atoms with Crippen molar-refractivity contribution in [3.63, 3.8) is 0 Å². The molecule has 140 valence electrons. The topological polar surface area (TPSA) is 69.0 Å². The third kappa shape index (κ3) is 4.89. The molecular formula is C20H22N4O2S. The van der Waals surface area contributed by atoms with Crippen LogP contribution in [-0.2, 0) is 11.8 Å². The number of para-hydroxylation sites is 2. The standard InChI is InChI=1S/C20H22N4O2S/c1-3-26-17-12-8-7-11-16(17)21-18(25)13-14-27-20-23-22-19(24(20)2)15-9-5-4-6-10-15/h4-12H,3,13-14H2,1-2H3,(H,21,25). The number of anilines is 1. The summed E-state index contributed by atoms with van der Waals surface area (Å²) in [6, 6.07) is 17.4. The summed E-state index contributed by atoms with van der Waals surface area (Å²) in [4.78, 5) is 12.2. The number of thioether (sulfide) groups is 1. The number of hydrogen-bond donors (Lipinski definition) is 1. The van der Waals surface area contributed by atoms with Gasteiger partial charge < -0.3 is 14.6 Å². The highest BCUT2D eigenvalue weighted by Crippen LogP contribution is 2.25. The van der Waals surface area contributed by atoms with Crippen LogP contribution >= 0.6 is 11.8 Å². The van der Waals surface area contributed by atoms with E-state index in [2.05, 4.69) is 15.5 Å². The van der Waals surface area contributed by atoms with Gasteiger partial charge in [0.05, 0.1) is 12.3 Å². The molecule has 1 heterocycles. The molecule has 27 heavy (non-hydrogen) atoms. The Hall–Kier alpha value is -2.80. The summed E-state index contributed by atoms with van der Waals surface area (Å²) in [5.41, 5.74) is 1.71. The summed E-state index contributed by atoms with van der Waals surface area (Å²) in [7, 11) is 1.93. The Kier molecular flexibility index (Phi) is 6.49. The van der Waals surface area contributed by atoms with Crippen LogP contribution in [0.4, 0.5) is 5.69 Å². The molecule has 3 aromatic rings. The van der Waals surface area contributed by atoms with E-state index in [1.807, 2.05) is 73.1 Å². The minimum absolute atomic E-state index is 0.0555. The van der Waals surface area contributed by atoms with Gasteiger partial charge in [0, 0.05) is 24.8 Å². The van der Waals surface area contributed by atoms with Crippen LogP contribution in [0.1, 0.15) is 13.3 Å². The Morgan fingerprint density at radius 2 is 1.85 bits per heavy atom. The van der Waals surface area contributed by atoms with Crippen molar-refractivity contribution in [3.05, 3.63) is 54.6 Å². The third-order valence-corrected chi connectivity index (χ3v) is 4.91. The van der Waals surface area contributed by atoms with Gasteiger partial charge in [0.2, 0.25) is 5.91 Å². The van der Waals surface area contributed by atoms with Crippen molar-refractivity contribution >= 4 is 23.4 Å². The van der Waals surface area contributed by atoms with E-state index in [0.717, 1.165) is 16.5 Å². The van der Waals surface area contributed by atoms with Gasteiger partial charge in [-0.05, 0) is 19.1 Å². The molecule has 2 aromatic carbocycles. The first kappa shape index (κ1) is 19.0. The van der Waals surface area contributed by atoms with Gasteiger partial charge in [0.1, 0.15) is 5.75 Å². The van der Waals surface area contributed by atoms with Gasteiger partial charge in [0.15, 0.2) is 11.0 Å². The zero-order valence-electron chi connectivity index (χ0n) is 15.4. The summed E-state index contributed by atoms with van der Waals surface area (Å²) in [5, 5.41) is 12.2. The van der Waals surface area contributed by atoms with E-state index in [1.165, 1.54) is 11.8 Å². The quantitative estimate of drug-likeness (QED) is 0.596. The molecule has 7 heteroatoms. The van der Waals surface area contributed by atoms with E-state index in [0.29, 0.717) is 30.2 Å². The number of rotatable bonds is 8. The minimum Gasteiger partial charge on any atom is -0.492 e. The maximum absolute atomic E-state index is 12.2. The van der Waals surface area contributed by atoms with Gasteiger partial charge in [-0.3, -0.25) is 4.79 Å². The predicted molar refractivity (Wildman–Crippen MR) is 108 cm³/mol. The van der Waals surface area contributed by atoms with E-state index in [4.69, 9.17) is 4.74 Å². The van der Waals surface area contributed by atoms with Gasteiger partial charge in [-0.1, -0.05) is 54.2 Å². The van der Waals surface area contributed by atoms with Gasteiger partial charge >= 0.3 is 0 Å². The third-order valence-electron chi connectivity index (χ3n) is 3.89. The number of nitrogens with zero attached hydrogens (tertiary/aromatic N) is 3. The van der Waals surface area contributed by atoms with Crippen molar-refractivity contribution < 1.29 is 9.53 Å². The molecule has 3 rings (SSSR count). The van der Waals surface area contributed by atoms with Crippen LogP contribution < -0.4 is 10.1 Å². The first-order valence-corrected chi connectivity index (χ1v) is 9.77. The van der Waals surface area contributed by atoms with E-state index >= 15 is 0 Å². The summed E-state index contributed by atoms with van der Waals surface area (Å²) >= 11 is 1.51. The maximum atomic E-state index is 12.2. The monoisotopic (exact) mass is 382 g/mol. The van der Waals surface area contributed by atoms with Gasteiger partial charge in [-0.2, -0.15) is 0 Å². The first-order valence-electron chi connectivity index (χ1n) is 8.78. The SMILES string of the molecule is CCOc1ccccc1NC(=O)CCSc1nnc(-c2ccccc2)n1C. The Bertz CT molecular complexity index is 896. The Morgan fingerprint density at radius 3 is 2.63 bits per heavy atom. The average Bonchev–Trinajstić information content (AvgIpc) is 3.05. The Labute approximate surface area is 163 Å². The Morgan fingerprint density at radius 1 is 1.11 bits per heavy atom. The number of ether oxygens (including phenoxy) is 1. The molecule has 0 radical (unpaired) electrons. The molecule has 0 saturated carbocycles. The number of aromatic nitrogens is 3. The molecule has 0 saturated heterocycles. The summed E-state index contributed by atoms with van der Waals surface area (Å²) in [5.74, 6) is 2.05. The molecule has 0 unspecified atom stereocenters. The van der Waals surface area contributed by atoms with Gasteiger partial charge in [-0.15, -0.1) is 10.2 Å². The number of amides is 1. The number of carbonyl (C=O) groups excluding carboxylic acids is 1. The molecule has 6 nitrogen and oxygen atoms in total. The smallest absolute Gasteiger partial charge is 0.225 e. The summed E-state index contributed by atoms with van der Waals surface area (Å²) < 4.78 is 7.48. The van der Waals surface area contributed by atoms with Crippen molar-refractivity contribution in [1.29, 1.82) is 0 Å². The number of nitrogens with one attached hydrogen (secondary N) is 1. The lowest BCUT2D eigenvalue weighted by Gasteiger charge is -2.11. The second-order valence-corrected chi connectivity index (χ2v) is 6.87. The van der Waals surface area contributed by atoms with Crippen LogP contribution in [-0.4, -0.2) is 33.0 Å². The van der Waals surface area contributed by atoms with Crippen molar-refractivity contribution in [1.82, 2.24) is 14.8 Å². The Balaban J connectivity index is 1.55. The number of carbonyl (C=O) groups is 1. The fourth-order valence-corrected chi connectivity index (χ4v) is 3.43. The zero-order valence-corrected chi connectivity index (χ0v) is 16.2. The normalized spacial score (nSPS) is 10.6. The largest absolute Gasteiger partial charge is 0.492 e. The highest BCUT2D eigenvalue weighted by molar-refractivity contribution is 7.99. The molecule has 1 aromatic heterocycles. The molecule has 0 aliphatic rings. The molecule has 0 atom stereocenters. The molecule has 0 bridgehead atoms. The van der Waals surface area contributed by atoms with Crippen LogP contribution in [0.2, 0.25) is 0 Å². The lowest BCUT2D eigenvalue weighted by molar-refractivity contribution is -0.115. The lowest BCUT2D eigenvalue weighted by Crippen LogP contribution is -2.13. The highest BCUT2D eigenvalue weighted by atomic mass is 32.2. The summed E-state index contributed by atoms with van der Waals surface area (Å²) in [6.45, 7) is 2.47. The highest BCUT2D eigenvalue weighted by Gasteiger charge is 2.12. The number of benzene rings is 2. The minimum atomic E-state index is -0.0555. The predicted octanol–water partition coefficient (Wildman–Crippen LogP) is 4.00. The van der Waals surface area contributed by atoms with Crippen molar-refractivity contribution in [2.24, 2.45) is 7.05 Å². The van der Waals surface area contributed by atoms with Crippen LogP contribution in [0.25, 0.3) is 11.4 Å². The molecule has 0 fully saturated rings. The van der Waals surface area contributed by atoms with E-state index in [1.54, 1.807) is 0 Å². The van der Waals surface area contributed by atoms with Crippen molar-refractivity contribution in [2.45, 2.75) is 18.5 Å². The second kappa shape index (κ2) is 9.23. The van der Waals surface area contributed by atoms with E-state index in [-0.39, 0.29) is 5.91 Å². The molecule has 1 N–H and O–H groups in total. The average molecular weight is 382 g/mol. The molecular weight excluding hydrogens is 360 g/mol. The molecule has 0 aliphatic carbocycles.